The van der Waals surface area contributed by atoms with Crippen LogP contribution < -0.4 is 4.74 Å². The minimum atomic E-state index is -0.582. The van der Waals surface area contributed by atoms with E-state index in [4.69, 9.17) is 4.74 Å². The minimum Gasteiger partial charge on any atom is -0.494 e. The molecular weight excluding hydrogens is 406 g/mol. The molecule has 3 aromatic rings. The third-order valence-corrected chi connectivity index (χ3v) is 6.44. The molecule has 0 saturated carbocycles. The van der Waals surface area contributed by atoms with E-state index in [1.807, 2.05) is 49.4 Å². The number of hydrogen-bond acceptors (Lipinski definition) is 4. The van der Waals surface area contributed by atoms with Crippen LogP contribution in [0.2, 0.25) is 0 Å². The second kappa shape index (κ2) is 8.31. The summed E-state index contributed by atoms with van der Waals surface area (Å²) in [4.78, 5) is 33.8. The number of amides is 2. The Morgan fingerprint density at radius 3 is 2.72 bits per heavy atom. The van der Waals surface area contributed by atoms with Crippen molar-refractivity contribution in [3.8, 4) is 5.75 Å². The number of ether oxygens (including phenoxy) is 1. The SMILES string of the molecule is CCOc1ccccc1[C@H]1c2[nH]c3ccccc3c2C[C@H]2C(=O)N(CCCO)CC(=O)N12. The van der Waals surface area contributed by atoms with Crippen molar-refractivity contribution in [2.24, 2.45) is 0 Å². The number of aliphatic hydroxyl groups excluding tert-OH is 1. The molecule has 2 N–H and O–H groups in total. The number of aromatic nitrogens is 1. The van der Waals surface area contributed by atoms with Gasteiger partial charge in [0.25, 0.3) is 0 Å². The number of hydrogen-bond donors (Lipinski definition) is 2. The highest BCUT2D eigenvalue weighted by atomic mass is 16.5. The number of fused-ring (bicyclic) bond motifs is 4. The summed E-state index contributed by atoms with van der Waals surface area (Å²) in [5.41, 5.74) is 3.88. The minimum absolute atomic E-state index is 0.0106. The Morgan fingerprint density at radius 2 is 1.91 bits per heavy atom. The summed E-state index contributed by atoms with van der Waals surface area (Å²) in [6.07, 6.45) is 0.924. The number of benzene rings is 2. The highest BCUT2D eigenvalue weighted by molar-refractivity contribution is 5.97. The first-order valence-electron chi connectivity index (χ1n) is 11.2. The van der Waals surface area contributed by atoms with Crippen molar-refractivity contribution in [3.63, 3.8) is 0 Å². The number of H-pyrrole nitrogens is 1. The molecule has 32 heavy (non-hydrogen) atoms. The predicted octanol–water partition coefficient (Wildman–Crippen LogP) is 2.63. The number of aliphatic hydroxyl groups is 1. The first kappa shape index (κ1) is 20.6. The molecule has 1 fully saturated rings. The number of carbonyl (C=O) groups excluding carboxylic acids is 2. The van der Waals surface area contributed by atoms with E-state index >= 15 is 0 Å². The Hall–Kier alpha value is -3.32. The van der Waals surface area contributed by atoms with Crippen LogP contribution >= 0.6 is 0 Å². The summed E-state index contributed by atoms with van der Waals surface area (Å²) in [6, 6.07) is 14.8. The molecule has 3 heterocycles. The maximum atomic E-state index is 13.5. The molecule has 2 aliphatic rings. The van der Waals surface area contributed by atoms with Gasteiger partial charge in [0.1, 0.15) is 17.8 Å². The summed E-state index contributed by atoms with van der Waals surface area (Å²) < 4.78 is 5.92. The zero-order valence-electron chi connectivity index (χ0n) is 18.1. The van der Waals surface area contributed by atoms with E-state index in [1.54, 1.807) is 9.80 Å². The Balaban J connectivity index is 1.68. The number of nitrogens with one attached hydrogen (secondary N) is 1. The van der Waals surface area contributed by atoms with Crippen LogP contribution in [-0.4, -0.2) is 64.0 Å². The Kier molecular flexibility index (Phi) is 5.35. The number of carbonyl (C=O) groups is 2. The van der Waals surface area contributed by atoms with Crippen molar-refractivity contribution in [1.82, 2.24) is 14.8 Å². The molecule has 2 aliphatic heterocycles. The van der Waals surface area contributed by atoms with Crippen molar-refractivity contribution in [1.29, 1.82) is 0 Å². The lowest BCUT2D eigenvalue weighted by Crippen LogP contribution is -2.63. The van der Waals surface area contributed by atoms with Crippen LogP contribution in [-0.2, 0) is 16.0 Å². The van der Waals surface area contributed by atoms with Gasteiger partial charge in [-0.05, 0) is 31.0 Å². The number of para-hydroxylation sites is 2. The molecule has 1 saturated heterocycles. The largest absolute Gasteiger partial charge is 0.494 e. The van der Waals surface area contributed by atoms with Gasteiger partial charge in [-0.3, -0.25) is 9.59 Å². The van der Waals surface area contributed by atoms with Gasteiger partial charge in [0.05, 0.1) is 13.2 Å². The van der Waals surface area contributed by atoms with Crippen molar-refractivity contribution in [2.45, 2.75) is 31.8 Å². The fourth-order valence-electron chi connectivity index (χ4n) is 5.09. The van der Waals surface area contributed by atoms with Crippen LogP contribution in [0.15, 0.2) is 48.5 Å². The van der Waals surface area contributed by atoms with Crippen LogP contribution in [0.1, 0.15) is 36.2 Å². The lowest BCUT2D eigenvalue weighted by Gasteiger charge is -2.47. The van der Waals surface area contributed by atoms with Gasteiger partial charge in [-0.1, -0.05) is 36.4 Å². The monoisotopic (exact) mass is 433 g/mol. The first-order valence-corrected chi connectivity index (χ1v) is 11.2. The van der Waals surface area contributed by atoms with E-state index in [0.29, 0.717) is 31.7 Å². The van der Waals surface area contributed by atoms with Crippen LogP contribution in [0.3, 0.4) is 0 Å². The van der Waals surface area contributed by atoms with Gasteiger partial charge in [-0.2, -0.15) is 0 Å². The fourth-order valence-corrected chi connectivity index (χ4v) is 5.09. The van der Waals surface area contributed by atoms with Crippen molar-refractivity contribution in [2.75, 3.05) is 26.3 Å². The van der Waals surface area contributed by atoms with Gasteiger partial charge >= 0.3 is 0 Å². The number of nitrogens with zero attached hydrogens (tertiary/aromatic N) is 2. The molecule has 2 amide bonds. The molecule has 0 radical (unpaired) electrons. The van der Waals surface area contributed by atoms with Gasteiger partial charge in [0, 0.05) is 41.7 Å². The second-order valence-electron chi connectivity index (χ2n) is 8.29. The third kappa shape index (κ3) is 3.24. The number of aromatic amines is 1. The molecule has 1 aromatic heterocycles. The summed E-state index contributed by atoms with van der Waals surface area (Å²) in [5.74, 6) is 0.564. The van der Waals surface area contributed by atoms with E-state index in [-0.39, 0.29) is 25.0 Å². The lowest BCUT2D eigenvalue weighted by atomic mass is 9.86. The molecule has 0 spiro atoms. The Labute approximate surface area is 186 Å². The predicted molar refractivity (Wildman–Crippen MR) is 120 cm³/mol. The third-order valence-electron chi connectivity index (χ3n) is 6.44. The van der Waals surface area contributed by atoms with E-state index in [9.17, 15) is 14.7 Å². The van der Waals surface area contributed by atoms with E-state index in [0.717, 1.165) is 27.7 Å². The quantitative estimate of drug-likeness (QED) is 0.626. The van der Waals surface area contributed by atoms with Crippen LogP contribution in [0.4, 0.5) is 0 Å². The molecule has 0 aliphatic carbocycles. The van der Waals surface area contributed by atoms with Crippen molar-refractivity contribution >= 4 is 22.7 Å². The second-order valence-corrected chi connectivity index (χ2v) is 8.29. The average Bonchev–Trinajstić information content (AvgIpc) is 3.18. The fraction of sp³-hybridized carbons (Fsp3) is 0.360. The maximum Gasteiger partial charge on any atom is 0.246 e. The van der Waals surface area contributed by atoms with Gasteiger partial charge in [0.2, 0.25) is 11.8 Å². The van der Waals surface area contributed by atoms with Gasteiger partial charge in [0.15, 0.2) is 0 Å². The van der Waals surface area contributed by atoms with Crippen LogP contribution in [0, 0.1) is 0 Å². The smallest absolute Gasteiger partial charge is 0.246 e. The van der Waals surface area contributed by atoms with E-state index in [1.165, 1.54) is 0 Å². The number of piperazine rings is 1. The molecule has 7 nitrogen and oxygen atoms in total. The number of rotatable bonds is 6. The Morgan fingerprint density at radius 1 is 1.12 bits per heavy atom. The first-order chi connectivity index (χ1) is 15.6. The summed E-state index contributed by atoms with van der Waals surface area (Å²) >= 11 is 0. The normalized spacial score (nSPS) is 20.4. The van der Waals surface area contributed by atoms with E-state index < -0.39 is 12.1 Å². The molecule has 0 unspecified atom stereocenters. The van der Waals surface area contributed by atoms with Crippen molar-refractivity contribution in [3.05, 3.63) is 65.4 Å². The summed E-state index contributed by atoms with van der Waals surface area (Å²) in [7, 11) is 0. The van der Waals surface area contributed by atoms with Gasteiger partial charge in [-0.15, -0.1) is 0 Å². The highest BCUT2D eigenvalue weighted by Crippen LogP contribution is 2.44. The summed E-state index contributed by atoms with van der Waals surface area (Å²) in [5, 5.41) is 10.3. The molecule has 7 heteroatoms. The lowest BCUT2D eigenvalue weighted by molar-refractivity contribution is -0.158. The van der Waals surface area contributed by atoms with Gasteiger partial charge < -0.3 is 24.6 Å². The zero-order valence-corrected chi connectivity index (χ0v) is 18.1. The van der Waals surface area contributed by atoms with E-state index in [2.05, 4.69) is 11.1 Å². The Bertz CT molecular complexity index is 1170. The molecule has 0 bridgehead atoms. The molecule has 2 atom stereocenters. The van der Waals surface area contributed by atoms with Crippen molar-refractivity contribution < 1.29 is 19.4 Å². The molecular formula is C25H27N3O4. The molecule has 5 rings (SSSR count). The summed E-state index contributed by atoms with van der Waals surface area (Å²) in [6.45, 7) is 2.84. The molecule has 166 valence electrons. The van der Waals surface area contributed by atoms with Crippen LogP contribution in [0.25, 0.3) is 10.9 Å². The van der Waals surface area contributed by atoms with Crippen LogP contribution in [0.5, 0.6) is 5.75 Å². The molecule has 2 aromatic carbocycles. The maximum absolute atomic E-state index is 13.5. The zero-order chi connectivity index (χ0) is 22.2. The topological polar surface area (TPSA) is 85.9 Å². The average molecular weight is 434 g/mol. The van der Waals surface area contributed by atoms with Gasteiger partial charge in [-0.25, -0.2) is 0 Å². The standard InChI is InChI=1S/C25H27N3O4/c1-2-32-21-11-6-4-9-17(21)24-23-18(16-8-3-5-10-19(16)26-23)14-20-25(31)27(12-7-13-29)15-22(30)28(20)24/h3-6,8-11,20,24,26,29H,2,7,12-15H2,1H3/t20-,24-/m0/s1. The highest BCUT2D eigenvalue weighted by Gasteiger charge is 2.48.